The van der Waals surface area contributed by atoms with Gasteiger partial charge >= 0.3 is 0 Å². The predicted octanol–water partition coefficient (Wildman–Crippen LogP) is 3.02. The number of benzene rings is 1. The van der Waals surface area contributed by atoms with E-state index in [4.69, 9.17) is 0 Å². The third-order valence-corrected chi connectivity index (χ3v) is 2.91. The lowest BCUT2D eigenvalue weighted by Crippen LogP contribution is -2.02. The molecule has 4 nitrogen and oxygen atoms in total. The van der Waals surface area contributed by atoms with E-state index in [-0.39, 0.29) is 5.82 Å². The number of nitrogens with zero attached hydrogens (tertiary/aromatic N) is 3. The number of pyridine rings is 1. The molecule has 0 fully saturated rings. The quantitative estimate of drug-likeness (QED) is 0.791. The van der Waals surface area contributed by atoms with Crippen LogP contribution < -0.4 is 5.32 Å². The van der Waals surface area contributed by atoms with Gasteiger partial charge in [0.1, 0.15) is 11.6 Å². The number of aromatic nitrogens is 3. The molecule has 1 N–H and O–H groups in total. The van der Waals surface area contributed by atoms with Gasteiger partial charge in [0.05, 0.1) is 11.9 Å². The lowest BCUT2D eigenvalue weighted by Gasteiger charge is -2.07. The number of nitrogens with one attached hydrogen (secondary N) is 1. The van der Waals surface area contributed by atoms with Gasteiger partial charge in [-0.2, -0.15) is 5.10 Å². The molecule has 0 saturated heterocycles. The van der Waals surface area contributed by atoms with Crippen LogP contribution in [-0.4, -0.2) is 14.8 Å². The van der Waals surface area contributed by atoms with E-state index in [1.165, 1.54) is 12.3 Å². The summed E-state index contributed by atoms with van der Waals surface area (Å²) < 4.78 is 14.5. The van der Waals surface area contributed by atoms with Crippen molar-refractivity contribution in [2.45, 2.75) is 6.54 Å². The molecule has 0 aliphatic heterocycles. The summed E-state index contributed by atoms with van der Waals surface area (Å²) in [7, 11) is 0. The Morgan fingerprint density at radius 1 is 1.10 bits per heavy atom. The first kappa shape index (κ1) is 12.3. The molecule has 0 aliphatic carbocycles. The highest BCUT2D eigenvalue weighted by Crippen LogP contribution is 2.10. The second kappa shape index (κ2) is 5.52. The number of rotatable bonds is 4. The second-order valence-corrected chi connectivity index (χ2v) is 4.33. The number of hydrogen-bond donors (Lipinski definition) is 1. The highest BCUT2D eigenvalue weighted by molar-refractivity contribution is 5.38. The number of anilines is 1. The summed E-state index contributed by atoms with van der Waals surface area (Å²) >= 11 is 0. The number of halogens is 1. The van der Waals surface area contributed by atoms with Gasteiger partial charge in [-0.3, -0.25) is 0 Å². The Bertz CT molecular complexity index is 660. The first-order valence-electron chi connectivity index (χ1n) is 6.26. The highest BCUT2D eigenvalue weighted by atomic mass is 19.1. The largest absolute Gasteiger partial charge is 0.366 e. The van der Waals surface area contributed by atoms with Crippen LogP contribution in [0.15, 0.2) is 61.1 Å². The summed E-state index contributed by atoms with van der Waals surface area (Å²) in [5.74, 6) is 0.321. The number of hydrogen-bond acceptors (Lipinski definition) is 3. The average Bonchev–Trinajstić information content (AvgIpc) is 3.01. The summed E-state index contributed by atoms with van der Waals surface area (Å²) in [5, 5.41) is 7.32. The topological polar surface area (TPSA) is 42.7 Å². The van der Waals surface area contributed by atoms with Crippen molar-refractivity contribution in [3.05, 3.63) is 72.4 Å². The Labute approximate surface area is 115 Å². The van der Waals surface area contributed by atoms with E-state index in [0.717, 1.165) is 11.3 Å². The van der Waals surface area contributed by atoms with E-state index >= 15 is 0 Å². The van der Waals surface area contributed by atoms with Crippen LogP contribution in [0.2, 0.25) is 0 Å². The monoisotopic (exact) mass is 268 g/mol. The Kier molecular flexibility index (Phi) is 3.41. The van der Waals surface area contributed by atoms with Crippen LogP contribution >= 0.6 is 0 Å². The molecule has 0 spiro atoms. The summed E-state index contributed by atoms with van der Waals surface area (Å²) in [5.41, 5.74) is 2.13. The van der Waals surface area contributed by atoms with E-state index < -0.39 is 0 Å². The molecule has 3 rings (SSSR count). The summed E-state index contributed by atoms with van der Waals surface area (Å²) in [6, 6.07) is 12.9. The zero-order valence-corrected chi connectivity index (χ0v) is 10.7. The van der Waals surface area contributed by atoms with Crippen molar-refractivity contribution in [1.29, 1.82) is 0 Å². The summed E-state index contributed by atoms with van der Waals surface area (Å²) in [6.45, 7) is 0.637. The van der Waals surface area contributed by atoms with Crippen molar-refractivity contribution in [2.75, 3.05) is 5.32 Å². The molecule has 0 atom stereocenters. The van der Waals surface area contributed by atoms with E-state index in [1.807, 2.05) is 36.5 Å². The molecule has 1 aromatic carbocycles. The third-order valence-electron chi connectivity index (χ3n) is 2.91. The fraction of sp³-hybridized carbons (Fsp3) is 0.0667. The molecule has 0 amide bonds. The van der Waals surface area contributed by atoms with Crippen molar-refractivity contribution in [1.82, 2.24) is 14.8 Å². The molecule has 0 aliphatic rings. The van der Waals surface area contributed by atoms with Crippen molar-refractivity contribution < 1.29 is 4.39 Å². The van der Waals surface area contributed by atoms with Crippen molar-refractivity contribution in [3.63, 3.8) is 0 Å². The minimum Gasteiger partial charge on any atom is -0.366 e. The first-order chi connectivity index (χ1) is 9.81. The summed E-state index contributed by atoms with van der Waals surface area (Å²) in [6.07, 6.45) is 4.84. The Morgan fingerprint density at radius 3 is 2.60 bits per heavy atom. The van der Waals surface area contributed by atoms with Gasteiger partial charge in [0, 0.05) is 18.9 Å². The Hall–Kier alpha value is -2.69. The van der Waals surface area contributed by atoms with Crippen LogP contribution in [-0.2, 0) is 6.54 Å². The molecule has 3 aromatic rings. The second-order valence-electron chi connectivity index (χ2n) is 4.33. The van der Waals surface area contributed by atoms with Crippen molar-refractivity contribution in [2.24, 2.45) is 0 Å². The maximum Gasteiger partial charge on any atom is 0.141 e. The van der Waals surface area contributed by atoms with E-state index in [9.17, 15) is 4.39 Å². The van der Waals surface area contributed by atoms with Crippen molar-refractivity contribution in [3.8, 4) is 5.69 Å². The molecule has 2 aromatic heterocycles. The fourth-order valence-electron chi connectivity index (χ4n) is 1.86. The molecule has 0 radical (unpaired) electrons. The van der Waals surface area contributed by atoms with Crippen LogP contribution in [0.3, 0.4) is 0 Å². The predicted molar refractivity (Wildman–Crippen MR) is 75.1 cm³/mol. The Balaban J connectivity index is 1.65. The van der Waals surface area contributed by atoms with Crippen LogP contribution in [0, 0.1) is 5.82 Å². The van der Waals surface area contributed by atoms with Gasteiger partial charge in [-0.15, -0.1) is 0 Å². The van der Waals surface area contributed by atoms with Crippen LogP contribution in [0.5, 0.6) is 0 Å². The molecule has 100 valence electrons. The third kappa shape index (κ3) is 2.83. The standard InChI is InChI=1S/C15H13FN4/c16-13-4-7-15(18-11-13)17-10-12-2-5-14(6-3-12)20-9-1-8-19-20/h1-9,11H,10H2,(H,17,18). The molecule has 0 unspecified atom stereocenters. The maximum atomic E-state index is 12.7. The Morgan fingerprint density at radius 2 is 1.95 bits per heavy atom. The lowest BCUT2D eigenvalue weighted by molar-refractivity contribution is 0.621. The minimum atomic E-state index is -0.334. The molecular weight excluding hydrogens is 255 g/mol. The molecule has 2 heterocycles. The molecule has 20 heavy (non-hydrogen) atoms. The van der Waals surface area contributed by atoms with Crippen molar-refractivity contribution >= 4 is 5.82 Å². The SMILES string of the molecule is Fc1ccc(NCc2ccc(-n3cccn3)cc2)nc1. The summed E-state index contributed by atoms with van der Waals surface area (Å²) in [4.78, 5) is 3.95. The molecule has 0 saturated carbocycles. The average molecular weight is 268 g/mol. The zero-order valence-electron chi connectivity index (χ0n) is 10.7. The molecule has 0 bridgehead atoms. The smallest absolute Gasteiger partial charge is 0.141 e. The lowest BCUT2D eigenvalue weighted by atomic mass is 10.2. The van der Waals surface area contributed by atoms with Gasteiger partial charge < -0.3 is 5.32 Å². The minimum absolute atomic E-state index is 0.334. The normalized spacial score (nSPS) is 10.4. The van der Waals surface area contributed by atoms with Gasteiger partial charge in [0.25, 0.3) is 0 Å². The van der Waals surface area contributed by atoms with Crippen LogP contribution in [0.1, 0.15) is 5.56 Å². The van der Waals surface area contributed by atoms with E-state index in [1.54, 1.807) is 16.9 Å². The van der Waals surface area contributed by atoms with Gasteiger partial charge in [-0.05, 0) is 35.9 Å². The molecular formula is C15H13FN4. The van der Waals surface area contributed by atoms with Gasteiger partial charge in [0.2, 0.25) is 0 Å². The van der Waals surface area contributed by atoms with Crippen LogP contribution in [0.25, 0.3) is 5.69 Å². The highest BCUT2D eigenvalue weighted by Gasteiger charge is 1.98. The van der Waals surface area contributed by atoms with Gasteiger partial charge in [0.15, 0.2) is 0 Å². The molecule has 5 heteroatoms. The first-order valence-corrected chi connectivity index (χ1v) is 6.26. The zero-order chi connectivity index (χ0) is 13.8. The maximum absolute atomic E-state index is 12.7. The van der Waals surface area contributed by atoms with Crippen LogP contribution in [0.4, 0.5) is 10.2 Å². The van der Waals surface area contributed by atoms with E-state index in [2.05, 4.69) is 15.4 Å². The van der Waals surface area contributed by atoms with E-state index in [0.29, 0.717) is 12.4 Å². The van der Waals surface area contributed by atoms with Gasteiger partial charge in [-0.1, -0.05) is 12.1 Å². The fourth-order valence-corrected chi connectivity index (χ4v) is 1.86. The van der Waals surface area contributed by atoms with Gasteiger partial charge in [-0.25, -0.2) is 14.1 Å².